The zero-order valence-corrected chi connectivity index (χ0v) is 19.8. The molecule has 0 saturated heterocycles. The van der Waals surface area contributed by atoms with Crippen molar-refractivity contribution in [2.24, 2.45) is 0 Å². The van der Waals surface area contributed by atoms with Gasteiger partial charge in [0.1, 0.15) is 11.5 Å². The summed E-state index contributed by atoms with van der Waals surface area (Å²) in [7, 11) is 0. The van der Waals surface area contributed by atoms with Gasteiger partial charge in [-0.3, -0.25) is 0 Å². The summed E-state index contributed by atoms with van der Waals surface area (Å²) in [6, 6.07) is 22.8. The Morgan fingerprint density at radius 3 is 2.39 bits per heavy atom. The van der Waals surface area contributed by atoms with Crippen LogP contribution in [0.2, 0.25) is 0 Å². The minimum atomic E-state index is -0.303. The van der Waals surface area contributed by atoms with Crippen molar-refractivity contribution in [2.45, 2.75) is 0 Å². The molecule has 10 heteroatoms. The van der Waals surface area contributed by atoms with Crippen molar-refractivity contribution in [1.29, 1.82) is 0 Å². The van der Waals surface area contributed by atoms with Crippen LogP contribution in [0, 0.1) is 5.82 Å². The fraction of sp³-hybridized carbons (Fsp3) is 0. The molecule has 4 heterocycles. The fourth-order valence-electron chi connectivity index (χ4n) is 3.96. The number of benzene rings is 2. The van der Waals surface area contributed by atoms with Crippen molar-refractivity contribution >= 4 is 28.2 Å². The van der Waals surface area contributed by atoms with Crippen LogP contribution in [0.25, 0.3) is 33.3 Å². The summed E-state index contributed by atoms with van der Waals surface area (Å²) >= 11 is 0. The highest BCUT2D eigenvalue weighted by molar-refractivity contribution is 6.00. The third-order valence-electron chi connectivity index (χ3n) is 5.73. The number of nitrogens with two attached hydrogens (primary N) is 1. The predicted octanol–water partition coefficient (Wildman–Crippen LogP) is 5.80. The Bertz CT molecular complexity index is 1740. The number of ether oxygens (including phenoxy) is 1. The Morgan fingerprint density at radius 2 is 1.61 bits per heavy atom. The van der Waals surface area contributed by atoms with E-state index in [0.29, 0.717) is 40.2 Å². The molecule has 0 unspecified atom stereocenters. The number of nitrogen functional groups attached to an aromatic ring is 1. The smallest absolute Gasteiger partial charge is 0.230 e. The van der Waals surface area contributed by atoms with Gasteiger partial charge in [0.15, 0.2) is 5.82 Å². The van der Waals surface area contributed by atoms with E-state index in [0.717, 1.165) is 16.3 Å². The Kier molecular flexibility index (Phi) is 5.95. The molecule has 4 aromatic heterocycles. The van der Waals surface area contributed by atoms with E-state index in [4.69, 9.17) is 10.5 Å². The first kappa shape index (κ1) is 22.9. The summed E-state index contributed by atoms with van der Waals surface area (Å²) in [5.74, 6) is 1.11. The summed E-state index contributed by atoms with van der Waals surface area (Å²) in [6.07, 6.45) is 4.83. The number of hydrogen-bond acceptors (Lipinski definition) is 9. The van der Waals surface area contributed by atoms with Crippen molar-refractivity contribution in [3.05, 3.63) is 103 Å². The van der Waals surface area contributed by atoms with Gasteiger partial charge in [-0.05, 0) is 48.5 Å². The number of aromatic nitrogens is 6. The molecule has 0 atom stereocenters. The van der Waals surface area contributed by atoms with Crippen LogP contribution in [0.4, 0.5) is 21.8 Å². The van der Waals surface area contributed by atoms with Crippen molar-refractivity contribution < 1.29 is 9.13 Å². The number of halogens is 1. The molecular weight excluding hydrogens is 483 g/mol. The molecule has 0 saturated carbocycles. The molecule has 0 aliphatic heterocycles. The number of nitrogens with one attached hydrogen (secondary N) is 1. The molecule has 9 nitrogen and oxygen atoms in total. The van der Waals surface area contributed by atoms with Gasteiger partial charge in [-0.2, -0.15) is 0 Å². The summed E-state index contributed by atoms with van der Waals surface area (Å²) < 4.78 is 19.4. The second-order valence-electron chi connectivity index (χ2n) is 8.22. The zero-order valence-electron chi connectivity index (χ0n) is 19.8. The molecule has 0 aliphatic carbocycles. The Balaban J connectivity index is 1.25. The van der Waals surface area contributed by atoms with Gasteiger partial charge in [0.2, 0.25) is 17.7 Å². The first-order valence-electron chi connectivity index (χ1n) is 11.6. The molecule has 0 amide bonds. The monoisotopic (exact) mass is 502 g/mol. The number of hydrogen-bond donors (Lipinski definition) is 2. The Labute approximate surface area is 216 Å². The lowest BCUT2D eigenvalue weighted by molar-refractivity contribution is 0.446. The summed E-state index contributed by atoms with van der Waals surface area (Å²) in [5, 5.41) is 13.8. The van der Waals surface area contributed by atoms with Gasteiger partial charge in [0.05, 0.1) is 23.1 Å². The molecule has 0 spiro atoms. The SMILES string of the molecule is Nc1nccc(-c2cccnc2Oc2ccc(Nc3nnc(-c4ccc(F)cc4)c4ccccc34)cn2)n1. The number of nitrogens with zero attached hydrogens (tertiary/aromatic N) is 6. The van der Waals surface area contributed by atoms with Crippen LogP contribution >= 0.6 is 0 Å². The van der Waals surface area contributed by atoms with Gasteiger partial charge >= 0.3 is 0 Å². The van der Waals surface area contributed by atoms with Crippen molar-refractivity contribution in [3.8, 4) is 34.3 Å². The van der Waals surface area contributed by atoms with E-state index in [1.165, 1.54) is 12.1 Å². The Hall–Kier alpha value is -5.51. The molecule has 0 fully saturated rings. The number of pyridine rings is 2. The standard InChI is InChI=1S/C28H19FN8O/c29-18-9-7-17(8-10-18)25-20-4-1-2-5-21(20)26(37-36-25)34-19-11-12-24(33-16-19)38-27-22(6-3-14-31-27)23-13-15-32-28(30)35-23/h1-16H,(H,34,37)(H2,30,32,35). The highest BCUT2D eigenvalue weighted by Crippen LogP contribution is 2.32. The van der Waals surface area contributed by atoms with Gasteiger partial charge < -0.3 is 15.8 Å². The van der Waals surface area contributed by atoms with Gasteiger partial charge in [-0.1, -0.05) is 24.3 Å². The lowest BCUT2D eigenvalue weighted by Crippen LogP contribution is -2.00. The van der Waals surface area contributed by atoms with Crippen LogP contribution in [0.15, 0.2) is 97.5 Å². The van der Waals surface area contributed by atoms with E-state index in [1.54, 1.807) is 48.9 Å². The minimum absolute atomic E-state index is 0.159. The van der Waals surface area contributed by atoms with E-state index in [1.807, 2.05) is 36.4 Å². The molecule has 0 aliphatic rings. The Morgan fingerprint density at radius 1 is 0.763 bits per heavy atom. The minimum Gasteiger partial charge on any atom is -0.420 e. The summed E-state index contributed by atoms with van der Waals surface area (Å²) in [4.78, 5) is 16.9. The molecule has 6 aromatic rings. The fourth-order valence-corrected chi connectivity index (χ4v) is 3.96. The third kappa shape index (κ3) is 4.65. The number of rotatable bonds is 6. The maximum absolute atomic E-state index is 13.4. The summed E-state index contributed by atoms with van der Waals surface area (Å²) in [6.45, 7) is 0. The average Bonchev–Trinajstić information content (AvgIpc) is 2.95. The summed E-state index contributed by atoms with van der Waals surface area (Å²) in [5.41, 5.74) is 9.12. The highest BCUT2D eigenvalue weighted by Gasteiger charge is 2.13. The molecule has 0 radical (unpaired) electrons. The van der Waals surface area contributed by atoms with Crippen molar-refractivity contribution in [3.63, 3.8) is 0 Å². The van der Waals surface area contributed by atoms with Gasteiger partial charge in [-0.25, -0.2) is 24.3 Å². The van der Waals surface area contributed by atoms with Crippen LogP contribution in [-0.2, 0) is 0 Å². The van der Waals surface area contributed by atoms with Crippen LogP contribution in [-0.4, -0.2) is 30.1 Å². The molecular formula is C28H19FN8O. The van der Waals surface area contributed by atoms with E-state index in [2.05, 4.69) is 35.5 Å². The molecule has 184 valence electrons. The van der Waals surface area contributed by atoms with Gasteiger partial charge in [-0.15, -0.1) is 10.2 Å². The normalized spacial score (nSPS) is 10.9. The average molecular weight is 503 g/mol. The van der Waals surface area contributed by atoms with Crippen molar-refractivity contribution in [1.82, 2.24) is 30.1 Å². The van der Waals surface area contributed by atoms with Gasteiger partial charge in [0.25, 0.3) is 0 Å². The molecule has 38 heavy (non-hydrogen) atoms. The quantitative estimate of drug-likeness (QED) is 0.291. The zero-order chi connectivity index (χ0) is 25.9. The van der Waals surface area contributed by atoms with Crippen LogP contribution < -0.4 is 15.8 Å². The van der Waals surface area contributed by atoms with Gasteiger partial charge in [0, 0.05) is 34.8 Å². The van der Waals surface area contributed by atoms with Crippen LogP contribution in [0.5, 0.6) is 11.8 Å². The van der Waals surface area contributed by atoms with E-state index in [-0.39, 0.29) is 11.8 Å². The van der Waals surface area contributed by atoms with E-state index < -0.39 is 0 Å². The van der Waals surface area contributed by atoms with Crippen molar-refractivity contribution in [2.75, 3.05) is 11.1 Å². The van der Waals surface area contributed by atoms with Crippen LogP contribution in [0.1, 0.15) is 0 Å². The van der Waals surface area contributed by atoms with E-state index >= 15 is 0 Å². The third-order valence-corrected chi connectivity index (χ3v) is 5.73. The van der Waals surface area contributed by atoms with E-state index in [9.17, 15) is 4.39 Å². The second-order valence-corrected chi connectivity index (χ2v) is 8.22. The number of fused-ring (bicyclic) bond motifs is 1. The maximum Gasteiger partial charge on any atom is 0.230 e. The first-order valence-corrected chi connectivity index (χ1v) is 11.6. The maximum atomic E-state index is 13.4. The number of anilines is 3. The van der Waals surface area contributed by atoms with Crippen LogP contribution in [0.3, 0.4) is 0 Å². The lowest BCUT2D eigenvalue weighted by Gasteiger charge is -2.12. The topological polar surface area (TPSA) is 125 Å². The lowest BCUT2D eigenvalue weighted by atomic mass is 10.0. The first-order chi connectivity index (χ1) is 18.6. The molecule has 6 rings (SSSR count). The second kappa shape index (κ2) is 9.86. The molecule has 3 N–H and O–H groups in total. The molecule has 0 bridgehead atoms. The highest BCUT2D eigenvalue weighted by atomic mass is 19.1. The molecule has 2 aromatic carbocycles. The largest absolute Gasteiger partial charge is 0.420 e. The predicted molar refractivity (Wildman–Crippen MR) is 142 cm³/mol.